The molecular formula is C19H18F4N4O7. The molecule has 0 unspecified atom stereocenters. The number of halogens is 4. The van der Waals surface area contributed by atoms with Crippen LogP contribution in [0.25, 0.3) is 10.4 Å². The summed E-state index contributed by atoms with van der Waals surface area (Å²) in [4.78, 5) is 37.5. The van der Waals surface area contributed by atoms with Gasteiger partial charge in [-0.05, 0) is 5.53 Å². The molecule has 1 aromatic carbocycles. The van der Waals surface area contributed by atoms with Gasteiger partial charge in [-0.25, -0.2) is 22.4 Å². The minimum atomic E-state index is -2.06. The average Bonchev–Trinajstić information content (AvgIpc) is 3.13. The van der Waals surface area contributed by atoms with Crippen molar-refractivity contribution in [1.82, 2.24) is 4.90 Å². The Bertz CT molecular complexity index is 968. The molecule has 1 aliphatic rings. The fourth-order valence-electron chi connectivity index (χ4n) is 2.55. The number of imide groups is 1. The summed E-state index contributed by atoms with van der Waals surface area (Å²) in [5.41, 5.74) is 5.04. The predicted octanol–water partition coefficient (Wildman–Crippen LogP) is 2.32. The average molecular weight is 490 g/mol. The van der Waals surface area contributed by atoms with E-state index in [0.29, 0.717) is 0 Å². The van der Waals surface area contributed by atoms with Gasteiger partial charge in [-0.1, -0.05) is 5.11 Å². The Labute approximate surface area is 189 Å². The van der Waals surface area contributed by atoms with Gasteiger partial charge in [0.2, 0.25) is 0 Å². The molecule has 0 aliphatic carbocycles. The molecule has 0 radical (unpaired) electrons. The van der Waals surface area contributed by atoms with Crippen LogP contribution in [0.1, 0.15) is 10.4 Å². The van der Waals surface area contributed by atoms with Crippen LogP contribution in [0.15, 0.2) is 17.3 Å². The second kappa shape index (κ2) is 13.3. The van der Waals surface area contributed by atoms with E-state index in [4.69, 9.17) is 19.7 Å². The van der Waals surface area contributed by atoms with E-state index in [-0.39, 0.29) is 46.2 Å². The second-order valence-corrected chi connectivity index (χ2v) is 6.30. The summed E-state index contributed by atoms with van der Waals surface area (Å²) in [7, 11) is 0. The third-order valence-corrected chi connectivity index (χ3v) is 4.15. The highest BCUT2D eigenvalue weighted by Crippen LogP contribution is 2.30. The molecule has 0 bridgehead atoms. The molecule has 1 aromatic rings. The summed E-state index contributed by atoms with van der Waals surface area (Å²) >= 11 is 0. The molecule has 0 saturated heterocycles. The number of esters is 1. The first-order valence-electron chi connectivity index (χ1n) is 9.64. The molecule has 34 heavy (non-hydrogen) atoms. The lowest BCUT2D eigenvalue weighted by Crippen LogP contribution is -2.33. The van der Waals surface area contributed by atoms with E-state index in [1.807, 2.05) is 4.91 Å². The maximum Gasteiger partial charge on any atom is 0.344 e. The summed E-state index contributed by atoms with van der Waals surface area (Å²) in [5, 5.41) is 2.51. The standard InChI is InChI=1S/C19H18F4N4O7/c20-14-13(15(21)17(23)18(16(14)22)25-26-24)19(30)34-10-9-33-8-7-32-6-5-31-4-3-27-11(28)1-2-12(27)29/h1-2H,3-10H2. The summed E-state index contributed by atoms with van der Waals surface area (Å²) in [6.07, 6.45) is 2.35. The normalized spacial score (nSPS) is 12.9. The van der Waals surface area contributed by atoms with Gasteiger partial charge in [-0.2, -0.15) is 0 Å². The number of hydrogen-bond donors (Lipinski definition) is 0. The number of amides is 2. The topological polar surface area (TPSA) is 140 Å². The molecule has 0 fully saturated rings. The minimum Gasteiger partial charge on any atom is -0.459 e. The van der Waals surface area contributed by atoms with Gasteiger partial charge in [0.05, 0.1) is 46.2 Å². The van der Waals surface area contributed by atoms with Gasteiger partial charge < -0.3 is 18.9 Å². The van der Waals surface area contributed by atoms with Gasteiger partial charge >= 0.3 is 5.97 Å². The molecule has 0 N–H and O–H groups in total. The van der Waals surface area contributed by atoms with Gasteiger partial charge in [0.25, 0.3) is 11.8 Å². The SMILES string of the molecule is [N-]=[N+]=Nc1c(F)c(F)c(C(=O)OCCOCCOCCOCCN2C(=O)C=CC2=O)c(F)c1F. The highest BCUT2D eigenvalue weighted by molar-refractivity contribution is 6.12. The molecule has 0 spiro atoms. The van der Waals surface area contributed by atoms with Crippen molar-refractivity contribution in [3.63, 3.8) is 0 Å². The number of ether oxygens (including phenoxy) is 4. The third kappa shape index (κ3) is 6.99. The third-order valence-electron chi connectivity index (χ3n) is 4.15. The summed E-state index contributed by atoms with van der Waals surface area (Å²) in [6.45, 7) is 0.167. The van der Waals surface area contributed by atoms with E-state index in [0.717, 1.165) is 4.90 Å². The van der Waals surface area contributed by atoms with Crippen LogP contribution in [0.5, 0.6) is 0 Å². The van der Waals surface area contributed by atoms with E-state index in [9.17, 15) is 31.9 Å². The van der Waals surface area contributed by atoms with Crippen LogP contribution in [0, 0.1) is 23.3 Å². The van der Waals surface area contributed by atoms with E-state index < -0.39 is 58.9 Å². The van der Waals surface area contributed by atoms with Gasteiger partial charge in [0.1, 0.15) is 17.9 Å². The van der Waals surface area contributed by atoms with Crippen molar-refractivity contribution in [3.8, 4) is 0 Å². The molecule has 0 saturated carbocycles. The van der Waals surface area contributed by atoms with Crippen LogP contribution < -0.4 is 0 Å². The molecule has 1 heterocycles. The Morgan fingerprint density at radius 2 is 1.29 bits per heavy atom. The number of azide groups is 1. The smallest absolute Gasteiger partial charge is 0.344 e. The van der Waals surface area contributed by atoms with Crippen molar-refractivity contribution in [2.24, 2.45) is 5.11 Å². The lowest BCUT2D eigenvalue weighted by Gasteiger charge is -2.13. The summed E-state index contributed by atoms with van der Waals surface area (Å²) in [5.74, 6) is -10.6. The summed E-state index contributed by atoms with van der Waals surface area (Å²) < 4.78 is 75.1. The Balaban J connectivity index is 1.57. The zero-order valence-electron chi connectivity index (χ0n) is 17.5. The van der Waals surface area contributed by atoms with Crippen LogP contribution in [0.3, 0.4) is 0 Å². The molecular weight excluding hydrogens is 472 g/mol. The number of benzene rings is 1. The zero-order chi connectivity index (χ0) is 25.1. The van der Waals surface area contributed by atoms with Gasteiger partial charge in [0.15, 0.2) is 23.3 Å². The van der Waals surface area contributed by atoms with E-state index in [1.54, 1.807) is 0 Å². The fraction of sp³-hybridized carbons (Fsp3) is 0.421. The van der Waals surface area contributed by atoms with Gasteiger partial charge in [-0.15, -0.1) is 0 Å². The number of nitrogens with zero attached hydrogens (tertiary/aromatic N) is 4. The lowest BCUT2D eigenvalue weighted by atomic mass is 10.1. The van der Waals surface area contributed by atoms with Crippen molar-refractivity contribution >= 4 is 23.5 Å². The van der Waals surface area contributed by atoms with Crippen LogP contribution in [-0.2, 0) is 28.5 Å². The van der Waals surface area contributed by atoms with Crippen molar-refractivity contribution in [3.05, 3.63) is 51.4 Å². The Kier molecular flexibility index (Phi) is 10.4. The Hall–Kier alpha value is -3.52. The molecule has 2 rings (SSSR count). The number of carbonyl (C=O) groups is 3. The molecule has 0 aromatic heterocycles. The highest BCUT2D eigenvalue weighted by atomic mass is 19.2. The van der Waals surface area contributed by atoms with Gasteiger partial charge in [-0.3, -0.25) is 14.5 Å². The van der Waals surface area contributed by atoms with Crippen LogP contribution >= 0.6 is 0 Å². The number of rotatable bonds is 14. The molecule has 11 nitrogen and oxygen atoms in total. The van der Waals surface area contributed by atoms with Crippen molar-refractivity contribution < 1.29 is 50.9 Å². The zero-order valence-corrected chi connectivity index (χ0v) is 17.5. The van der Waals surface area contributed by atoms with Crippen molar-refractivity contribution in [2.75, 3.05) is 52.8 Å². The van der Waals surface area contributed by atoms with Crippen LogP contribution in [0.2, 0.25) is 0 Å². The van der Waals surface area contributed by atoms with Gasteiger partial charge in [0, 0.05) is 17.1 Å². The van der Waals surface area contributed by atoms with E-state index >= 15 is 0 Å². The Morgan fingerprint density at radius 3 is 1.79 bits per heavy atom. The summed E-state index contributed by atoms with van der Waals surface area (Å²) in [6, 6.07) is 0. The molecule has 0 atom stereocenters. The maximum atomic E-state index is 13.9. The predicted molar refractivity (Wildman–Crippen MR) is 104 cm³/mol. The lowest BCUT2D eigenvalue weighted by molar-refractivity contribution is -0.137. The Morgan fingerprint density at radius 1 is 0.824 bits per heavy atom. The van der Waals surface area contributed by atoms with E-state index in [1.165, 1.54) is 12.2 Å². The minimum absolute atomic E-state index is 0.0623. The number of hydrogen-bond acceptors (Lipinski definition) is 8. The molecule has 2 amide bonds. The maximum absolute atomic E-state index is 13.9. The van der Waals surface area contributed by atoms with Crippen LogP contribution in [-0.4, -0.2) is 75.5 Å². The number of carbonyl (C=O) groups excluding carboxylic acids is 3. The molecule has 184 valence electrons. The largest absolute Gasteiger partial charge is 0.459 e. The molecule has 15 heteroatoms. The second-order valence-electron chi connectivity index (χ2n) is 6.30. The first-order chi connectivity index (χ1) is 16.3. The van der Waals surface area contributed by atoms with Crippen molar-refractivity contribution in [2.45, 2.75) is 0 Å². The van der Waals surface area contributed by atoms with Crippen molar-refractivity contribution in [1.29, 1.82) is 0 Å². The van der Waals surface area contributed by atoms with Crippen LogP contribution in [0.4, 0.5) is 23.2 Å². The fourth-order valence-corrected chi connectivity index (χ4v) is 2.55. The molecule has 1 aliphatic heterocycles. The first kappa shape index (κ1) is 26.7. The monoisotopic (exact) mass is 490 g/mol. The quantitative estimate of drug-likeness (QED) is 0.0570. The highest BCUT2D eigenvalue weighted by Gasteiger charge is 2.30. The van der Waals surface area contributed by atoms with E-state index in [2.05, 4.69) is 9.85 Å². The first-order valence-corrected chi connectivity index (χ1v) is 9.64.